The number of aromatic nitrogens is 2. The third kappa shape index (κ3) is 1.49. The molecule has 54 valence electrons. The first kappa shape index (κ1) is 7.15. The summed E-state index contributed by atoms with van der Waals surface area (Å²) in [6.07, 6.45) is 4.54. The number of carbonyl (C=O) groups is 1. The minimum Gasteiger partial charge on any atom is -0.365 e. The van der Waals surface area contributed by atoms with Gasteiger partial charge in [-0.2, -0.15) is 0 Å². The fraction of sp³-hybridized carbons (Fsp3) is 0. The van der Waals surface area contributed by atoms with Gasteiger partial charge in [0.25, 0.3) is 12.1 Å². The Morgan fingerprint density at radius 3 is 2.91 bits per heavy atom. The van der Waals surface area contributed by atoms with Crippen LogP contribution in [0.25, 0.3) is 0 Å². The van der Waals surface area contributed by atoms with Crippen LogP contribution in [0.5, 0.6) is 5.88 Å². The highest BCUT2D eigenvalue weighted by molar-refractivity contribution is 5.74. The summed E-state index contributed by atoms with van der Waals surface area (Å²) < 4.78 is 4.33. The van der Waals surface area contributed by atoms with Crippen molar-refractivity contribution in [2.45, 2.75) is 0 Å². The average Bonchev–Trinajstić information content (AvgIpc) is 2.06. The van der Waals surface area contributed by atoms with Gasteiger partial charge in [-0.3, -0.25) is 4.79 Å². The minimum absolute atomic E-state index is 0.0223. The molecule has 0 amide bonds. The molecule has 0 atom stereocenters. The van der Waals surface area contributed by atoms with Gasteiger partial charge in [0.2, 0.25) is 0 Å². The number of nitrogens with zero attached hydrogens (tertiary/aromatic N) is 3. The molecule has 0 saturated heterocycles. The second-order valence-corrected chi connectivity index (χ2v) is 1.56. The molecule has 0 aliphatic carbocycles. The summed E-state index contributed by atoms with van der Waals surface area (Å²) >= 11 is 0. The number of hydrogen-bond donors (Lipinski definition) is 0. The van der Waals surface area contributed by atoms with Gasteiger partial charge in [-0.1, -0.05) is 0 Å². The van der Waals surface area contributed by atoms with Gasteiger partial charge in [-0.25, -0.2) is 9.97 Å². The van der Waals surface area contributed by atoms with Gasteiger partial charge < -0.3 is 4.74 Å². The molecule has 0 aromatic carbocycles. The predicted octanol–water partition coefficient (Wildman–Crippen LogP) is 0.149. The van der Waals surface area contributed by atoms with E-state index >= 15 is 0 Å². The van der Waals surface area contributed by atoms with E-state index in [1.807, 2.05) is 0 Å². The van der Waals surface area contributed by atoms with Crippen LogP contribution < -0.4 is 4.74 Å². The number of nitriles is 1. The van der Waals surface area contributed by atoms with Crippen molar-refractivity contribution in [1.29, 1.82) is 5.26 Å². The lowest BCUT2D eigenvalue weighted by atomic mass is 10.5. The van der Waals surface area contributed by atoms with Crippen LogP contribution in [0.2, 0.25) is 0 Å². The zero-order chi connectivity index (χ0) is 8.10. The van der Waals surface area contributed by atoms with Crippen LogP contribution in [-0.4, -0.2) is 16.3 Å². The van der Waals surface area contributed by atoms with Gasteiger partial charge >= 0.3 is 0 Å². The summed E-state index contributed by atoms with van der Waals surface area (Å²) in [5.41, 5.74) is 0.0223. The molecule has 0 unspecified atom stereocenters. The molecule has 0 spiro atoms. The molecule has 0 aliphatic rings. The van der Waals surface area contributed by atoms with E-state index in [9.17, 15) is 4.79 Å². The summed E-state index contributed by atoms with van der Waals surface area (Å²) in [6, 6.07) is 0. The van der Waals surface area contributed by atoms with Gasteiger partial charge in [0.05, 0.1) is 0 Å². The first-order chi connectivity index (χ1) is 5.38. The topological polar surface area (TPSA) is 75.9 Å². The number of ether oxygens (including phenoxy) is 1. The summed E-state index contributed by atoms with van der Waals surface area (Å²) in [5, 5.41) is 8.08. The molecule has 0 bridgehead atoms. The zero-order valence-corrected chi connectivity index (χ0v) is 5.39. The molecular formula is C6H3N3O2. The Morgan fingerprint density at radius 2 is 2.27 bits per heavy atom. The Hall–Kier alpha value is -1.96. The largest absolute Gasteiger partial charge is 0.365 e. The van der Waals surface area contributed by atoms with E-state index in [0.29, 0.717) is 6.29 Å². The number of hydrogen-bond acceptors (Lipinski definition) is 5. The van der Waals surface area contributed by atoms with E-state index in [4.69, 9.17) is 5.26 Å². The van der Waals surface area contributed by atoms with E-state index in [1.54, 1.807) is 0 Å². The third-order valence-corrected chi connectivity index (χ3v) is 0.945. The number of carbonyl (C=O) groups excluding carboxylic acids is 1. The Labute approximate surface area is 62.3 Å². The SMILES string of the molecule is N#COc1nccnc1C=O. The summed E-state index contributed by atoms with van der Waals surface area (Å²) in [4.78, 5) is 17.4. The smallest absolute Gasteiger partial charge is 0.293 e. The van der Waals surface area contributed by atoms with Crippen LogP contribution in [-0.2, 0) is 0 Å². The monoisotopic (exact) mass is 149 g/mol. The van der Waals surface area contributed by atoms with E-state index < -0.39 is 0 Å². The fourth-order valence-corrected chi connectivity index (χ4v) is 0.539. The Balaban J connectivity index is 3.04. The lowest BCUT2D eigenvalue weighted by Gasteiger charge is -1.94. The second kappa shape index (κ2) is 3.27. The van der Waals surface area contributed by atoms with Crippen LogP contribution in [0.15, 0.2) is 12.4 Å². The van der Waals surface area contributed by atoms with Gasteiger partial charge in [0.15, 0.2) is 12.0 Å². The van der Waals surface area contributed by atoms with Crippen molar-refractivity contribution < 1.29 is 9.53 Å². The lowest BCUT2D eigenvalue weighted by Crippen LogP contribution is -1.95. The van der Waals surface area contributed by atoms with E-state index in [0.717, 1.165) is 0 Å². The maximum atomic E-state index is 10.2. The molecule has 0 fully saturated rings. The van der Waals surface area contributed by atoms with Gasteiger partial charge in [-0.05, 0) is 0 Å². The van der Waals surface area contributed by atoms with Crippen molar-refractivity contribution in [3.8, 4) is 12.1 Å². The Morgan fingerprint density at radius 1 is 1.55 bits per heavy atom. The highest BCUT2D eigenvalue weighted by atomic mass is 16.5. The number of aldehydes is 1. The molecule has 5 nitrogen and oxygen atoms in total. The third-order valence-electron chi connectivity index (χ3n) is 0.945. The lowest BCUT2D eigenvalue weighted by molar-refractivity contribution is 0.111. The van der Waals surface area contributed by atoms with Crippen molar-refractivity contribution in [3.63, 3.8) is 0 Å². The maximum absolute atomic E-state index is 10.2. The van der Waals surface area contributed by atoms with E-state index in [1.165, 1.54) is 18.6 Å². The van der Waals surface area contributed by atoms with Crippen LogP contribution in [0, 0.1) is 11.5 Å². The maximum Gasteiger partial charge on any atom is 0.293 e. The normalized spacial score (nSPS) is 8.27. The summed E-state index contributed by atoms with van der Waals surface area (Å²) in [6.45, 7) is 0. The molecule has 0 radical (unpaired) electrons. The van der Waals surface area contributed by atoms with E-state index in [-0.39, 0.29) is 11.6 Å². The van der Waals surface area contributed by atoms with Gasteiger partial charge in [0.1, 0.15) is 0 Å². The minimum atomic E-state index is -0.0648. The van der Waals surface area contributed by atoms with Gasteiger partial charge in [0, 0.05) is 12.4 Å². The summed E-state index contributed by atoms with van der Waals surface area (Å²) in [5.74, 6) is -0.0648. The van der Waals surface area contributed by atoms with Crippen molar-refractivity contribution >= 4 is 6.29 Å². The van der Waals surface area contributed by atoms with Crippen molar-refractivity contribution in [1.82, 2.24) is 9.97 Å². The van der Waals surface area contributed by atoms with Crippen molar-refractivity contribution in [2.75, 3.05) is 0 Å². The first-order valence-electron chi connectivity index (χ1n) is 2.70. The molecule has 1 aromatic rings. The molecule has 0 aliphatic heterocycles. The quantitative estimate of drug-likeness (QED) is 0.441. The standard InChI is InChI=1S/C6H3N3O2/c7-4-11-6-5(3-10)8-1-2-9-6/h1-3H. The van der Waals surface area contributed by atoms with Crippen molar-refractivity contribution in [2.24, 2.45) is 0 Å². The molecule has 5 heteroatoms. The van der Waals surface area contributed by atoms with Crippen molar-refractivity contribution in [3.05, 3.63) is 18.1 Å². The molecule has 1 rings (SSSR count). The first-order valence-corrected chi connectivity index (χ1v) is 2.70. The molecule has 0 N–H and O–H groups in total. The van der Waals surface area contributed by atoms with Crippen LogP contribution in [0.3, 0.4) is 0 Å². The Bertz CT molecular complexity index is 305. The second-order valence-electron chi connectivity index (χ2n) is 1.56. The summed E-state index contributed by atoms with van der Waals surface area (Å²) in [7, 11) is 0. The Kier molecular flexibility index (Phi) is 2.13. The predicted molar refractivity (Wildman–Crippen MR) is 33.7 cm³/mol. The highest BCUT2D eigenvalue weighted by Gasteiger charge is 2.03. The van der Waals surface area contributed by atoms with Crippen LogP contribution >= 0.6 is 0 Å². The number of rotatable bonds is 2. The van der Waals surface area contributed by atoms with Gasteiger partial charge in [-0.15, -0.1) is 5.26 Å². The van der Waals surface area contributed by atoms with Crippen LogP contribution in [0.1, 0.15) is 10.5 Å². The highest BCUT2D eigenvalue weighted by Crippen LogP contribution is 2.06. The zero-order valence-electron chi connectivity index (χ0n) is 5.39. The molecule has 11 heavy (non-hydrogen) atoms. The molecule has 1 heterocycles. The molecular weight excluding hydrogens is 146 g/mol. The van der Waals surface area contributed by atoms with Crippen LogP contribution in [0.4, 0.5) is 0 Å². The molecule has 1 aromatic heterocycles. The van der Waals surface area contributed by atoms with E-state index in [2.05, 4.69) is 14.7 Å². The molecule has 0 saturated carbocycles. The fourth-order valence-electron chi connectivity index (χ4n) is 0.539. The average molecular weight is 149 g/mol.